The maximum atomic E-state index is 13.2. The second kappa shape index (κ2) is 6.99. The van der Waals surface area contributed by atoms with Gasteiger partial charge in [-0.15, -0.1) is 0 Å². The first-order valence-corrected chi connectivity index (χ1v) is 10.3. The number of hydrogen-bond donors (Lipinski definition) is 0. The molecule has 0 aliphatic heterocycles. The van der Waals surface area contributed by atoms with Crippen LogP contribution in [0.15, 0.2) is 64.2 Å². The highest BCUT2D eigenvalue weighted by atomic mass is 35.5. The Bertz CT molecular complexity index is 1590. The standard InChI is InChI=1S/C23H20ClN5O2/c1-4-17-18(14-9-6-5-7-10-14)28(16-12-8-11-15(24)13-16)22-25-20-19(29(17)22)21(30)27(3)23(31)26(20)2/h5-13H,4H2,1-3H3. The maximum Gasteiger partial charge on any atom is 0.332 e. The Labute approximate surface area is 182 Å². The summed E-state index contributed by atoms with van der Waals surface area (Å²) in [6, 6.07) is 17.5. The lowest BCUT2D eigenvalue weighted by atomic mass is 10.1. The van der Waals surface area contributed by atoms with E-state index < -0.39 is 5.69 Å². The number of fused-ring (bicyclic) bond motifs is 3. The van der Waals surface area contributed by atoms with E-state index in [0.717, 1.165) is 27.2 Å². The normalized spacial score (nSPS) is 11.6. The molecular formula is C23H20ClN5O2. The molecule has 0 N–H and O–H groups in total. The zero-order chi connectivity index (χ0) is 21.9. The van der Waals surface area contributed by atoms with Gasteiger partial charge >= 0.3 is 5.69 Å². The zero-order valence-corrected chi connectivity index (χ0v) is 18.1. The Balaban J connectivity index is 2.07. The Morgan fingerprint density at radius 3 is 2.39 bits per heavy atom. The van der Waals surface area contributed by atoms with Crippen molar-refractivity contribution in [2.45, 2.75) is 13.3 Å². The van der Waals surface area contributed by atoms with Crippen LogP contribution in [0.4, 0.5) is 0 Å². The number of aromatic nitrogens is 5. The van der Waals surface area contributed by atoms with Crippen LogP contribution in [0, 0.1) is 0 Å². The number of imidazole rings is 2. The largest absolute Gasteiger partial charge is 0.332 e. The second-order valence-electron chi connectivity index (χ2n) is 7.46. The van der Waals surface area contributed by atoms with Crippen molar-refractivity contribution in [1.29, 1.82) is 0 Å². The molecule has 2 aromatic carbocycles. The molecule has 31 heavy (non-hydrogen) atoms. The van der Waals surface area contributed by atoms with Crippen LogP contribution >= 0.6 is 11.6 Å². The van der Waals surface area contributed by atoms with Gasteiger partial charge in [-0.2, -0.15) is 4.98 Å². The van der Waals surface area contributed by atoms with Crippen LogP contribution in [0.2, 0.25) is 5.02 Å². The molecule has 0 aliphatic carbocycles. The number of hydrogen-bond acceptors (Lipinski definition) is 3. The third-order valence-corrected chi connectivity index (χ3v) is 5.89. The molecule has 5 rings (SSSR count). The van der Waals surface area contributed by atoms with Gasteiger partial charge in [-0.05, 0) is 24.6 Å². The Kier molecular flexibility index (Phi) is 4.37. The summed E-state index contributed by atoms with van der Waals surface area (Å²) in [5.74, 6) is 0.561. The summed E-state index contributed by atoms with van der Waals surface area (Å²) in [5, 5.41) is 0.598. The van der Waals surface area contributed by atoms with Gasteiger partial charge in [0.15, 0.2) is 11.2 Å². The maximum absolute atomic E-state index is 13.2. The summed E-state index contributed by atoms with van der Waals surface area (Å²) < 4.78 is 6.41. The molecule has 0 saturated heterocycles. The lowest BCUT2D eigenvalue weighted by Crippen LogP contribution is -2.37. The molecule has 0 amide bonds. The Hall–Kier alpha value is -3.58. The number of halogens is 1. The van der Waals surface area contributed by atoms with Crippen LogP contribution in [0.25, 0.3) is 33.9 Å². The summed E-state index contributed by atoms with van der Waals surface area (Å²) in [6.45, 7) is 2.04. The minimum Gasteiger partial charge on any atom is -0.279 e. The van der Waals surface area contributed by atoms with E-state index in [1.807, 2.05) is 70.5 Å². The number of nitrogens with zero attached hydrogens (tertiary/aromatic N) is 5. The van der Waals surface area contributed by atoms with Crippen molar-refractivity contribution in [2.24, 2.45) is 14.1 Å². The third-order valence-electron chi connectivity index (χ3n) is 5.66. The van der Waals surface area contributed by atoms with E-state index in [2.05, 4.69) is 0 Å². The average molecular weight is 434 g/mol. The minimum absolute atomic E-state index is 0.355. The van der Waals surface area contributed by atoms with Crippen molar-refractivity contribution in [3.05, 3.63) is 86.2 Å². The van der Waals surface area contributed by atoms with Crippen molar-refractivity contribution in [2.75, 3.05) is 0 Å². The highest BCUT2D eigenvalue weighted by Crippen LogP contribution is 2.33. The van der Waals surface area contributed by atoms with Gasteiger partial charge in [0.25, 0.3) is 5.56 Å². The van der Waals surface area contributed by atoms with Crippen molar-refractivity contribution < 1.29 is 0 Å². The van der Waals surface area contributed by atoms with Crippen LogP contribution in [0.5, 0.6) is 0 Å². The monoisotopic (exact) mass is 433 g/mol. The molecule has 0 saturated carbocycles. The van der Waals surface area contributed by atoms with Gasteiger partial charge in [0, 0.05) is 24.7 Å². The summed E-state index contributed by atoms with van der Waals surface area (Å²) in [5.41, 5.74) is 3.65. The number of benzene rings is 2. The van der Waals surface area contributed by atoms with E-state index in [0.29, 0.717) is 28.4 Å². The highest BCUT2D eigenvalue weighted by Gasteiger charge is 2.25. The van der Waals surface area contributed by atoms with Crippen LogP contribution < -0.4 is 11.2 Å². The zero-order valence-electron chi connectivity index (χ0n) is 17.3. The predicted octanol–water partition coefficient (Wildman–Crippen LogP) is 3.56. The van der Waals surface area contributed by atoms with Gasteiger partial charge in [-0.3, -0.25) is 22.9 Å². The quantitative estimate of drug-likeness (QED) is 0.437. The first-order valence-electron chi connectivity index (χ1n) is 9.97. The van der Waals surface area contributed by atoms with Crippen LogP contribution in [-0.4, -0.2) is 23.1 Å². The van der Waals surface area contributed by atoms with Gasteiger partial charge in [0.05, 0.1) is 17.1 Å². The summed E-state index contributed by atoms with van der Waals surface area (Å²) in [6.07, 6.45) is 0.658. The fourth-order valence-electron chi connectivity index (χ4n) is 4.20. The molecule has 0 spiro atoms. The van der Waals surface area contributed by atoms with E-state index in [-0.39, 0.29) is 5.56 Å². The molecule has 0 radical (unpaired) electrons. The molecule has 156 valence electrons. The summed E-state index contributed by atoms with van der Waals surface area (Å²) >= 11 is 6.32. The Morgan fingerprint density at radius 2 is 1.71 bits per heavy atom. The SMILES string of the molecule is CCc1c(-c2ccccc2)n(-c2cccc(Cl)c2)c2nc3c(c(=O)n(C)c(=O)n3C)n12. The average Bonchev–Trinajstić information content (AvgIpc) is 3.31. The van der Waals surface area contributed by atoms with Gasteiger partial charge in [-0.25, -0.2) is 4.79 Å². The molecule has 0 aliphatic rings. The van der Waals surface area contributed by atoms with Gasteiger partial charge < -0.3 is 0 Å². The topological polar surface area (TPSA) is 66.2 Å². The second-order valence-corrected chi connectivity index (χ2v) is 7.89. The molecule has 0 unspecified atom stereocenters. The fourth-order valence-corrected chi connectivity index (χ4v) is 4.39. The molecule has 7 nitrogen and oxygen atoms in total. The predicted molar refractivity (Wildman–Crippen MR) is 122 cm³/mol. The van der Waals surface area contributed by atoms with Crippen LogP contribution in [0.3, 0.4) is 0 Å². The van der Waals surface area contributed by atoms with E-state index >= 15 is 0 Å². The van der Waals surface area contributed by atoms with Crippen molar-refractivity contribution in [3.8, 4) is 16.9 Å². The van der Waals surface area contributed by atoms with Crippen molar-refractivity contribution in [3.63, 3.8) is 0 Å². The van der Waals surface area contributed by atoms with Crippen molar-refractivity contribution in [1.82, 2.24) is 23.1 Å². The van der Waals surface area contributed by atoms with Gasteiger partial charge in [0.1, 0.15) is 0 Å². The highest BCUT2D eigenvalue weighted by molar-refractivity contribution is 6.30. The first kappa shape index (κ1) is 19.4. The van der Waals surface area contributed by atoms with Gasteiger partial charge in [-0.1, -0.05) is 54.9 Å². The summed E-state index contributed by atoms with van der Waals surface area (Å²) in [4.78, 5) is 30.4. The van der Waals surface area contributed by atoms with E-state index in [1.54, 1.807) is 7.05 Å². The number of rotatable bonds is 3. The van der Waals surface area contributed by atoms with E-state index in [4.69, 9.17) is 16.6 Å². The molecule has 0 bridgehead atoms. The lowest BCUT2D eigenvalue weighted by molar-refractivity contribution is 0.707. The van der Waals surface area contributed by atoms with Gasteiger partial charge in [0.2, 0.25) is 5.78 Å². The lowest BCUT2D eigenvalue weighted by Gasteiger charge is -2.11. The third kappa shape index (κ3) is 2.70. The molecule has 3 aromatic heterocycles. The van der Waals surface area contributed by atoms with E-state index in [9.17, 15) is 9.59 Å². The van der Waals surface area contributed by atoms with Crippen LogP contribution in [0.1, 0.15) is 12.6 Å². The Morgan fingerprint density at radius 1 is 0.968 bits per heavy atom. The smallest absolute Gasteiger partial charge is 0.279 e. The van der Waals surface area contributed by atoms with E-state index in [1.165, 1.54) is 11.6 Å². The number of aryl methyl sites for hydroxylation is 2. The van der Waals surface area contributed by atoms with Crippen LogP contribution in [-0.2, 0) is 20.5 Å². The molecule has 3 heterocycles. The first-order chi connectivity index (χ1) is 14.9. The molecule has 5 aromatic rings. The summed E-state index contributed by atoms with van der Waals surface area (Å²) in [7, 11) is 3.12. The fraction of sp³-hybridized carbons (Fsp3) is 0.174. The van der Waals surface area contributed by atoms with Crippen molar-refractivity contribution >= 4 is 28.5 Å². The molecule has 0 fully saturated rings. The molecule has 8 heteroatoms. The minimum atomic E-state index is -0.408. The molecular weight excluding hydrogens is 414 g/mol. The molecule has 0 atom stereocenters.